The number of amides is 2. The third kappa shape index (κ3) is 3.93. The van der Waals surface area contributed by atoms with Crippen molar-refractivity contribution in [3.8, 4) is 0 Å². The van der Waals surface area contributed by atoms with Crippen molar-refractivity contribution in [3.63, 3.8) is 0 Å². The molecule has 2 aromatic carbocycles. The molecule has 1 saturated heterocycles. The minimum Gasteiger partial charge on any atom is -0.367 e. The number of carbonyl (C=O) groups is 1. The molecular formula is C22H28N4O. The van der Waals surface area contributed by atoms with Gasteiger partial charge >= 0.3 is 6.03 Å². The summed E-state index contributed by atoms with van der Waals surface area (Å²) in [6, 6.07) is 16.6. The molecule has 0 unspecified atom stereocenters. The van der Waals surface area contributed by atoms with Gasteiger partial charge in [0.05, 0.1) is 11.4 Å². The monoisotopic (exact) mass is 364 g/mol. The van der Waals surface area contributed by atoms with Gasteiger partial charge in [0.1, 0.15) is 0 Å². The van der Waals surface area contributed by atoms with Crippen molar-refractivity contribution in [1.29, 1.82) is 0 Å². The average Bonchev–Trinajstić information content (AvgIpc) is 2.74. The number of nitrogens with one attached hydrogen (secondary N) is 1. The largest absolute Gasteiger partial charge is 0.367 e. The number of anilines is 2. The average molecular weight is 364 g/mol. The summed E-state index contributed by atoms with van der Waals surface area (Å²) < 4.78 is 0. The van der Waals surface area contributed by atoms with Crippen LogP contribution in [0.1, 0.15) is 18.1 Å². The number of benzene rings is 2. The zero-order valence-corrected chi connectivity index (χ0v) is 16.0. The molecule has 0 atom stereocenters. The predicted molar refractivity (Wildman–Crippen MR) is 110 cm³/mol. The zero-order chi connectivity index (χ0) is 18.6. The lowest BCUT2D eigenvalue weighted by molar-refractivity contribution is 0.206. The highest BCUT2D eigenvalue weighted by Gasteiger charge is 2.23. The molecule has 2 amide bonds. The Morgan fingerprint density at radius 1 is 0.926 bits per heavy atom. The molecule has 2 aliphatic rings. The molecule has 1 fully saturated rings. The first-order chi connectivity index (χ1) is 13.2. The molecule has 2 aromatic rings. The second-order valence-electron chi connectivity index (χ2n) is 7.31. The summed E-state index contributed by atoms with van der Waals surface area (Å²) in [6.45, 7) is 8.89. The predicted octanol–water partition coefficient (Wildman–Crippen LogP) is 3.42. The number of urea groups is 1. The lowest BCUT2D eigenvalue weighted by Gasteiger charge is -2.36. The lowest BCUT2D eigenvalue weighted by atomic mass is 10.0. The molecule has 27 heavy (non-hydrogen) atoms. The van der Waals surface area contributed by atoms with Crippen LogP contribution in [0.5, 0.6) is 0 Å². The van der Waals surface area contributed by atoms with E-state index in [0.29, 0.717) is 6.54 Å². The molecule has 4 rings (SSSR count). The molecule has 0 radical (unpaired) electrons. The highest BCUT2D eigenvalue weighted by Crippen LogP contribution is 2.27. The maximum atomic E-state index is 12.9. The Hall–Kier alpha value is -2.53. The van der Waals surface area contributed by atoms with E-state index in [4.69, 9.17) is 0 Å². The number of hydrogen-bond acceptors (Lipinski definition) is 3. The van der Waals surface area contributed by atoms with E-state index >= 15 is 0 Å². The van der Waals surface area contributed by atoms with Crippen molar-refractivity contribution in [2.45, 2.75) is 19.9 Å². The molecule has 142 valence electrons. The number of fused-ring (bicyclic) bond motifs is 1. The summed E-state index contributed by atoms with van der Waals surface area (Å²) in [6.07, 6.45) is 0.921. The van der Waals surface area contributed by atoms with Crippen LogP contribution in [0.25, 0.3) is 0 Å². The highest BCUT2D eigenvalue weighted by molar-refractivity contribution is 5.93. The van der Waals surface area contributed by atoms with E-state index in [9.17, 15) is 4.79 Å². The lowest BCUT2D eigenvalue weighted by Crippen LogP contribution is -2.46. The highest BCUT2D eigenvalue weighted by atomic mass is 16.2. The number of likely N-dealkylation sites (N-methyl/N-ethyl adjacent to an activating group) is 1. The number of hydrogen-bond donors (Lipinski definition) is 1. The van der Waals surface area contributed by atoms with E-state index in [-0.39, 0.29) is 6.03 Å². The van der Waals surface area contributed by atoms with E-state index in [1.807, 2.05) is 29.2 Å². The molecule has 0 aromatic heterocycles. The second-order valence-corrected chi connectivity index (χ2v) is 7.31. The number of para-hydroxylation sites is 2. The quantitative estimate of drug-likeness (QED) is 0.907. The molecule has 0 bridgehead atoms. The first kappa shape index (κ1) is 17.9. The van der Waals surface area contributed by atoms with Crippen molar-refractivity contribution >= 4 is 17.4 Å². The van der Waals surface area contributed by atoms with E-state index in [1.165, 1.54) is 11.1 Å². The summed E-state index contributed by atoms with van der Waals surface area (Å²) in [4.78, 5) is 19.7. The maximum Gasteiger partial charge on any atom is 0.322 e. The SMILES string of the molecule is CCN1CCN(c2ccccc2NC(=O)N2CCc3ccccc3C2)CC1. The molecule has 2 aliphatic heterocycles. The van der Waals surface area contributed by atoms with Crippen molar-refractivity contribution in [2.75, 3.05) is 49.5 Å². The van der Waals surface area contributed by atoms with Crippen molar-refractivity contribution in [1.82, 2.24) is 9.80 Å². The number of carbonyl (C=O) groups excluding carboxylic acids is 1. The fourth-order valence-corrected chi connectivity index (χ4v) is 4.02. The van der Waals surface area contributed by atoms with Gasteiger partial charge in [-0.2, -0.15) is 0 Å². The van der Waals surface area contributed by atoms with E-state index in [1.54, 1.807) is 0 Å². The van der Waals surface area contributed by atoms with Crippen LogP contribution in [0.4, 0.5) is 16.2 Å². The molecule has 5 heteroatoms. The van der Waals surface area contributed by atoms with Gasteiger partial charge in [-0.25, -0.2) is 4.79 Å². The number of rotatable bonds is 3. The van der Waals surface area contributed by atoms with Gasteiger partial charge in [0.25, 0.3) is 0 Å². The van der Waals surface area contributed by atoms with Crippen LogP contribution in [-0.2, 0) is 13.0 Å². The molecule has 0 saturated carbocycles. The van der Waals surface area contributed by atoms with Gasteiger partial charge in [0.2, 0.25) is 0 Å². The smallest absolute Gasteiger partial charge is 0.322 e. The van der Waals surface area contributed by atoms with Gasteiger partial charge in [-0.15, -0.1) is 0 Å². The minimum absolute atomic E-state index is 0.0100. The normalized spacial score (nSPS) is 17.5. The molecule has 0 spiro atoms. The third-order valence-electron chi connectivity index (χ3n) is 5.72. The minimum atomic E-state index is -0.0100. The van der Waals surface area contributed by atoms with Gasteiger partial charge in [0, 0.05) is 39.3 Å². The fourth-order valence-electron chi connectivity index (χ4n) is 4.02. The summed E-state index contributed by atoms with van der Waals surface area (Å²) in [5.74, 6) is 0. The van der Waals surface area contributed by atoms with Crippen molar-refractivity contribution < 1.29 is 4.79 Å². The van der Waals surface area contributed by atoms with E-state index in [0.717, 1.165) is 57.1 Å². The Morgan fingerprint density at radius 2 is 1.63 bits per heavy atom. The number of piperazine rings is 1. The second kappa shape index (κ2) is 8.01. The molecular weight excluding hydrogens is 336 g/mol. The molecule has 1 N–H and O–H groups in total. The Labute approximate surface area is 161 Å². The molecule has 5 nitrogen and oxygen atoms in total. The Bertz CT molecular complexity index is 798. The van der Waals surface area contributed by atoms with Gasteiger partial charge < -0.3 is 20.0 Å². The summed E-state index contributed by atoms with van der Waals surface area (Å²) in [5.41, 5.74) is 4.64. The van der Waals surface area contributed by atoms with Crippen LogP contribution >= 0.6 is 0 Å². The molecule has 2 heterocycles. The van der Waals surface area contributed by atoms with Crippen LogP contribution < -0.4 is 10.2 Å². The van der Waals surface area contributed by atoms with Gasteiger partial charge in [-0.3, -0.25) is 0 Å². The van der Waals surface area contributed by atoms with Crippen molar-refractivity contribution in [2.24, 2.45) is 0 Å². The van der Waals surface area contributed by atoms with E-state index in [2.05, 4.69) is 46.3 Å². The standard InChI is InChI=1S/C22H28N4O/c1-2-24-13-15-25(16-14-24)21-10-6-5-9-20(21)23-22(27)26-12-11-18-7-3-4-8-19(18)17-26/h3-10H,2,11-17H2,1H3,(H,23,27). The van der Waals surface area contributed by atoms with Gasteiger partial charge in [-0.1, -0.05) is 43.3 Å². The van der Waals surface area contributed by atoms with Crippen LogP contribution in [-0.4, -0.2) is 55.1 Å². The van der Waals surface area contributed by atoms with E-state index < -0.39 is 0 Å². The van der Waals surface area contributed by atoms with Gasteiger partial charge in [0.15, 0.2) is 0 Å². The third-order valence-corrected chi connectivity index (χ3v) is 5.72. The van der Waals surface area contributed by atoms with Crippen LogP contribution in [0.3, 0.4) is 0 Å². The van der Waals surface area contributed by atoms with Crippen molar-refractivity contribution in [3.05, 3.63) is 59.7 Å². The fraction of sp³-hybridized carbons (Fsp3) is 0.409. The summed E-state index contributed by atoms with van der Waals surface area (Å²) in [5, 5.41) is 3.17. The Morgan fingerprint density at radius 3 is 2.41 bits per heavy atom. The number of nitrogens with zero attached hydrogens (tertiary/aromatic N) is 3. The molecule has 0 aliphatic carbocycles. The van der Waals surface area contributed by atoms with Crippen LogP contribution in [0.2, 0.25) is 0 Å². The van der Waals surface area contributed by atoms with Gasteiger partial charge in [-0.05, 0) is 36.2 Å². The first-order valence-corrected chi connectivity index (χ1v) is 9.93. The Balaban J connectivity index is 1.45. The van der Waals surface area contributed by atoms with Crippen LogP contribution in [0.15, 0.2) is 48.5 Å². The first-order valence-electron chi connectivity index (χ1n) is 9.93. The Kier molecular flexibility index (Phi) is 5.30. The maximum absolute atomic E-state index is 12.9. The summed E-state index contributed by atoms with van der Waals surface area (Å²) >= 11 is 0. The van der Waals surface area contributed by atoms with Crippen LogP contribution in [0, 0.1) is 0 Å². The summed E-state index contributed by atoms with van der Waals surface area (Å²) in [7, 11) is 0. The zero-order valence-electron chi connectivity index (χ0n) is 16.0. The topological polar surface area (TPSA) is 38.8 Å².